The Bertz CT molecular complexity index is 1050. The first kappa shape index (κ1) is 19.9. The number of nitrogens with zero attached hydrogens (tertiary/aromatic N) is 5. The lowest BCUT2D eigenvalue weighted by atomic mass is 9.87. The van der Waals surface area contributed by atoms with Gasteiger partial charge >= 0.3 is 5.97 Å². The van der Waals surface area contributed by atoms with Crippen molar-refractivity contribution in [1.29, 1.82) is 0 Å². The maximum Gasteiger partial charge on any atom is 0.323 e. The monoisotopic (exact) mass is 409 g/mol. The molecule has 30 heavy (non-hydrogen) atoms. The van der Waals surface area contributed by atoms with E-state index in [4.69, 9.17) is 16.5 Å². The molecule has 1 fully saturated rings. The summed E-state index contributed by atoms with van der Waals surface area (Å²) in [4.78, 5) is 26.9. The summed E-state index contributed by atoms with van der Waals surface area (Å²) < 4.78 is 1.72. The van der Waals surface area contributed by atoms with E-state index in [0.29, 0.717) is 11.8 Å². The van der Waals surface area contributed by atoms with E-state index in [0.717, 1.165) is 54.7 Å². The Morgan fingerprint density at radius 3 is 2.63 bits per heavy atom. The molecular weight excluding hydrogens is 382 g/mol. The van der Waals surface area contributed by atoms with Crippen LogP contribution in [0.1, 0.15) is 43.5 Å². The molecule has 2 heterocycles. The van der Waals surface area contributed by atoms with Crippen molar-refractivity contribution in [1.82, 2.24) is 9.55 Å². The van der Waals surface area contributed by atoms with Gasteiger partial charge in [-0.05, 0) is 51.7 Å². The van der Waals surface area contributed by atoms with Crippen molar-refractivity contribution < 1.29 is 9.90 Å². The van der Waals surface area contributed by atoms with Gasteiger partial charge in [0.2, 0.25) is 11.9 Å². The van der Waals surface area contributed by atoms with Crippen molar-refractivity contribution in [3.8, 4) is 11.4 Å². The number of aliphatic carboxylic acids is 1. The molecule has 1 aromatic carbocycles. The van der Waals surface area contributed by atoms with Crippen LogP contribution in [0.3, 0.4) is 0 Å². The lowest BCUT2D eigenvalue weighted by Gasteiger charge is -2.45. The van der Waals surface area contributed by atoms with Crippen molar-refractivity contribution in [2.45, 2.75) is 58.2 Å². The van der Waals surface area contributed by atoms with Gasteiger partial charge in [0.1, 0.15) is 18.0 Å². The number of rotatable bonds is 4. The van der Waals surface area contributed by atoms with Gasteiger partial charge in [0.25, 0.3) is 0 Å². The fourth-order valence-corrected chi connectivity index (χ4v) is 4.48. The number of carboxylic acid groups (broad SMARTS) is 1. The van der Waals surface area contributed by atoms with Crippen LogP contribution < -0.4 is 16.4 Å². The Morgan fingerprint density at radius 1 is 1.20 bits per heavy atom. The first-order valence-corrected chi connectivity index (χ1v) is 10.2. The Balaban J connectivity index is 1.80. The van der Waals surface area contributed by atoms with Crippen molar-refractivity contribution in [3.63, 3.8) is 0 Å². The summed E-state index contributed by atoms with van der Waals surface area (Å²) >= 11 is 0. The summed E-state index contributed by atoms with van der Waals surface area (Å²) in [5.41, 5.74) is 15.1. The second kappa shape index (κ2) is 7.47. The third-order valence-corrected chi connectivity index (χ3v) is 5.97. The molecule has 0 atom stereocenters. The third kappa shape index (κ3) is 3.40. The molecule has 2 aromatic rings. The van der Waals surface area contributed by atoms with Gasteiger partial charge in [0, 0.05) is 16.9 Å². The average Bonchev–Trinajstić information content (AvgIpc) is 2.96. The normalized spacial score (nSPS) is 18.3. The molecule has 0 bridgehead atoms. The smallest absolute Gasteiger partial charge is 0.323 e. The standard InChI is InChI=1S/C21H27N7O2/c1-13-14(2)27(12-17(29)30)18(24-13)15-7-6-8-16(11-15)28-20(23)25-19(22)26-21(28)9-4-3-5-10-21/h6-8,11H,3-5,9-10,12H2,1-2H3,(H,29,30)(H4,22,23,25,26). The molecule has 158 valence electrons. The number of hydrogen-bond donors (Lipinski definition) is 3. The number of hydrogen-bond acceptors (Lipinski definition) is 7. The number of carbonyl (C=O) groups is 1. The molecule has 1 aliphatic carbocycles. The van der Waals surface area contributed by atoms with E-state index in [1.54, 1.807) is 4.57 Å². The Labute approximate surface area is 175 Å². The van der Waals surface area contributed by atoms with Gasteiger partial charge in [-0.15, -0.1) is 0 Å². The largest absolute Gasteiger partial charge is 0.480 e. The van der Waals surface area contributed by atoms with Gasteiger partial charge in [-0.2, -0.15) is 4.99 Å². The van der Waals surface area contributed by atoms with E-state index in [9.17, 15) is 9.90 Å². The van der Waals surface area contributed by atoms with E-state index in [1.807, 2.05) is 43.0 Å². The van der Waals surface area contributed by atoms with E-state index >= 15 is 0 Å². The third-order valence-electron chi connectivity index (χ3n) is 5.97. The first-order chi connectivity index (χ1) is 14.3. The highest BCUT2D eigenvalue weighted by molar-refractivity contribution is 6.05. The number of aliphatic imine (C=N–C) groups is 2. The van der Waals surface area contributed by atoms with Gasteiger partial charge in [-0.1, -0.05) is 18.6 Å². The summed E-state index contributed by atoms with van der Waals surface area (Å²) in [6, 6.07) is 7.77. The Kier molecular flexibility index (Phi) is 4.97. The van der Waals surface area contributed by atoms with Crippen LogP contribution in [0.25, 0.3) is 11.4 Å². The quantitative estimate of drug-likeness (QED) is 0.709. The molecule has 1 saturated carbocycles. The molecule has 1 aliphatic heterocycles. The fourth-order valence-electron chi connectivity index (χ4n) is 4.48. The van der Waals surface area contributed by atoms with Crippen LogP contribution >= 0.6 is 0 Å². The molecule has 9 nitrogen and oxygen atoms in total. The highest BCUT2D eigenvalue weighted by atomic mass is 16.4. The summed E-state index contributed by atoms with van der Waals surface area (Å²) in [5.74, 6) is 0.238. The number of imidazole rings is 1. The van der Waals surface area contributed by atoms with Gasteiger partial charge in [0.15, 0.2) is 0 Å². The van der Waals surface area contributed by atoms with E-state index in [-0.39, 0.29) is 12.5 Å². The molecule has 0 amide bonds. The molecule has 4 rings (SSSR count). The topological polar surface area (TPSA) is 135 Å². The van der Waals surface area contributed by atoms with Gasteiger partial charge in [-0.25, -0.2) is 9.98 Å². The number of guanidine groups is 2. The molecule has 1 spiro atoms. The SMILES string of the molecule is Cc1nc(-c2cccc(N3C(N)=NC(N)=NC34CCCCC4)c2)n(CC(=O)O)c1C. The fraction of sp³-hybridized carbons (Fsp3) is 0.429. The minimum absolute atomic E-state index is 0.149. The number of aryl methyl sites for hydroxylation is 1. The molecule has 9 heteroatoms. The van der Waals surface area contributed by atoms with E-state index < -0.39 is 11.6 Å². The van der Waals surface area contributed by atoms with E-state index in [2.05, 4.69) is 9.98 Å². The summed E-state index contributed by atoms with van der Waals surface area (Å²) in [6.45, 7) is 3.61. The molecule has 0 saturated heterocycles. The maximum atomic E-state index is 11.4. The molecule has 0 radical (unpaired) electrons. The number of nitrogens with two attached hydrogens (primary N) is 2. The second-order valence-corrected chi connectivity index (χ2v) is 7.95. The molecule has 2 aliphatic rings. The van der Waals surface area contributed by atoms with Crippen LogP contribution in [0.15, 0.2) is 34.3 Å². The highest BCUT2D eigenvalue weighted by Gasteiger charge is 2.42. The van der Waals surface area contributed by atoms with Crippen LogP contribution in [0.5, 0.6) is 0 Å². The Hall–Kier alpha value is -3.36. The lowest BCUT2D eigenvalue weighted by molar-refractivity contribution is -0.137. The molecule has 0 unspecified atom stereocenters. The summed E-state index contributed by atoms with van der Waals surface area (Å²) in [6.07, 6.45) is 4.94. The minimum Gasteiger partial charge on any atom is -0.480 e. The number of benzene rings is 1. The molecule has 5 N–H and O–H groups in total. The predicted octanol–water partition coefficient (Wildman–Crippen LogP) is 2.36. The van der Waals surface area contributed by atoms with E-state index in [1.165, 1.54) is 0 Å². The summed E-state index contributed by atoms with van der Waals surface area (Å²) in [7, 11) is 0. The van der Waals surface area contributed by atoms with Crippen molar-refractivity contribution >= 4 is 23.6 Å². The highest BCUT2D eigenvalue weighted by Crippen LogP contribution is 2.40. The lowest BCUT2D eigenvalue weighted by Crippen LogP contribution is -2.58. The zero-order valence-corrected chi connectivity index (χ0v) is 17.3. The molecular formula is C21H27N7O2. The first-order valence-electron chi connectivity index (χ1n) is 10.2. The predicted molar refractivity (Wildman–Crippen MR) is 116 cm³/mol. The van der Waals surface area contributed by atoms with Crippen LogP contribution in [-0.4, -0.2) is 38.2 Å². The van der Waals surface area contributed by atoms with Gasteiger partial charge in [0.05, 0.1) is 5.69 Å². The van der Waals surface area contributed by atoms with Crippen LogP contribution in [0.4, 0.5) is 5.69 Å². The van der Waals surface area contributed by atoms with Crippen molar-refractivity contribution in [3.05, 3.63) is 35.7 Å². The number of anilines is 1. The van der Waals surface area contributed by atoms with Crippen LogP contribution in [0, 0.1) is 13.8 Å². The zero-order valence-electron chi connectivity index (χ0n) is 17.3. The minimum atomic E-state index is -0.911. The zero-order chi connectivity index (χ0) is 21.5. The average molecular weight is 409 g/mol. The number of carboxylic acids is 1. The number of aromatic nitrogens is 2. The van der Waals surface area contributed by atoms with Crippen molar-refractivity contribution in [2.24, 2.45) is 21.5 Å². The summed E-state index contributed by atoms with van der Waals surface area (Å²) in [5, 5.41) is 9.34. The van der Waals surface area contributed by atoms with Gasteiger partial charge < -0.3 is 21.1 Å². The van der Waals surface area contributed by atoms with Gasteiger partial charge in [-0.3, -0.25) is 9.69 Å². The van der Waals surface area contributed by atoms with Crippen molar-refractivity contribution in [2.75, 3.05) is 4.90 Å². The van der Waals surface area contributed by atoms with Crippen LogP contribution in [0.2, 0.25) is 0 Å². The second-order valence-electron chi connectivity index (χ2n) is 7.95. The maximum absolute atomic E-state index is 11.4. The Morgan fingerprint density at radius 2 is 1.93 bits per heavy atom. The van der Waals surface area contributed by atoms with Crippen LogP contribution in [-0.2, 0) is 11.3 Å². The molecule has 1 aromatic heterocycles.